The molecule has 0 aliphatic heterocycles. The van der Waals surface area contributed by atoms with Gasteiger partial charge in [0, 0.05) is 11.1 Å². The van der Waals surface area contributed by atoms with Gasteiger partial charge in [-0.15, -0.1) is 0 Å². The van der Waals surface area contributed by atoms with E-state index in [4.69, 9.17) is 17.3 Å². The number of sulfone groups is 1. The van der Waals surface area contributed by atoms with E-state index in [9.17, 15) is 13.2 Å². The predicted molar refractivity (Wildman–Crippen MR) is 85.0 cm³/mol. The Balaban J connectivity index is 3.01. The Kier molecular flexibility index (Phi) is 6.04. The van der Waals surface area contributed by atoms with Crippen LogP contribution in [0, 0.1) is 0 Å². The van der Waals surface area contributed by atoms with Crippen molar-refractivity contribution in [2.45, 2.75) is 49.8 Å². The molecule has 3 N–H and O–H groups in total. The van der Waals surface area contributed by atoms with Crippen LogP contribution in [0.5, 0.6) is 0 Å². The van der Waals surface area contributed by atoms with Crippen LogP contribution in [0.1, 0.15) is 33.6 Å². The summed E-state index contributed by atoms with van der Waals surface area (Å²) in [6, 6.07) is 4.12. The van der Waals surface area contributed by atoms with Crippen molar-refractivity contribution in [3.63, 3.8) is 0 Å². The van der Waals surface area contributed by atoms with Gasteiger partial charge in [0.15, 0.2) is 9.84 Å². The predicted octanol–water partition coefficient (Wildman–Crippen LogP) is 2.39. The van der Waals surface area contributed by atoms with Gasteiger partial charge >= 0.3 is 0 Å². The third-order valence-electron chi connectivity index (χ3n) is 3.23. The molecule has 0 fully saturated rings. The topological polar surface area (TPSA) is 89.3 Å². The van der Waals surface area contributed by atoms with E-state index in [1.807, 2.05) is 13.8 Å². The molecule has 1 amide bonds. The molecule has 0 heterocycles. The molecule has 2 atom stereocenters. The largest absolute Gasteiger partial charge is 0.398 e. The van der Waals surface area contributed by atoms with Crippen molar-refractivity contribution in [3.05, 3.63) is 23.2 Å². The lowest BCUT2D eigenvalue weighted by atomic mass is 10.2. The zero-order valence-corrected chi connectivity index (χ0v) is 14.0. The number of hydrogen-bond donors (Lipinski definition) is 2. The Morgan fingerprint density at radius 2 is 2.00 bits per heavy atom. The lowest BCUT2D eigenvalue weighted by Crippen LogP contribution is -2.42. The molecule has 0 aliphatic rings. The minimum atomic E-state index is -3.87. The molecule has 0 spiro atoms. The van der Waals surface area contributed by atoms with E-state index in [0.29, 0.717) is 0 Å². The fraction of sp³-hybridized carbons (Fsp3) is 0.500. The highest BCUT2D eigenvalue weighted by Crippen LogP contribution is 2.26. The molecule has 0 radical (unpaired) electrons. The SMILES string of the molecule is CCCC(C)NC(=O)C(C)S(=O)(=O)c1cc(Cl)ccc1N. The molecule has 0 saturated heterocycles. The van der Waals surface area contributed by atoms with Crippen molar-refractivity contribution < 1.29 is 13.2 Å². The van der Waals surface area contributed by atoms with Crippen molar-refractivity contribution in [3.8, 4) is 0 Å². The summed E-state index contributed by atoms with van der Waals surface area (Å²) in [6.07, 6.45) is 1.70. The number of anilines is 1. The number of hydrogen-bond acceptors (Lipinski definition) is 4. The first kappa shape index (κ1) is 17.8. The smallest absolute Gasteiger partial charge is 0.238 e. The van der Waals surface area contributed by atoms with Crippen molar-refractivity contribution in [1.82, 2.24) is 5.32 Å². The molecule has 5 nitrogen and oxygen atoms in total. The summed E-state index contributed by atoms with van der Waals surface area (Å²) in [5, 5.41) is 1.73. The molecule has 1 rings (SSSR count). The normalized spacial score (nSPS) is 14.5. The van der Waals surface area contributed by atoms with Crippen LogP contribution in [0.25, 0.3) is 0 Å². The number of amides is 1. The Hall–Kier alpha value is -1.27. The van der Waals surface area contributed by atoms with Gasteiger partial charge in [0.05, 0.1) is 10.6 Å². The van der Waals surface area contributed by atoms with E-state index in [1.54, 1.807) is 0 Å². The fourth-order valence-electron chi connectivity index (χ4n) is 1.95. The lowest BCUT2D eigenvalue weighted by molar-refractivity contribution is -0.121. The minimum Gasteiger partial charge on any atom is -0.398 e. The van der Waals surface area contributed by atoms with Crippen molar-refractivity contribution in [2.24, 2.45) is 0 Å². The molecule has 1 aromatic rings. The van der Waals surface area contributed by atoms with Crippen LogP contribution in [-0.2, 0) is 14.6 Å². The first-order chi connectivity index (χ1) is 9.70. The summed E-state index contributed by atoms with van der Waals surface area (Å²) in [5.41, 5.74) is 5.78. The van der Waals surface area contributed by atoms with E-state index >= 15 is 0 Å². The monoisotopic (exact) mass is 332 g/mol. The van der Waals surface area contributed by atoms with Crippen LogP contribution in [0.15, 0.2) is 23.1 Å². The zero-order chi connectivity index (χ0) is 16.2. The second-order valence-electron chi connectivity index (χ2n) is 5.07. The Morgan fingerprint density at radius 3 is 2.57 bits per heavy atom. The van der Waals surface area contributed by atoms with E-state index in [0.717, 1.165) is 12.8 Å². The third-order valence-corrected chi connectivity index (χ3v) is 5.57. The molecule has 0 aromatic heterocycles. The fourth-order valence-corrected chi connectivity index (χ4v) is 3.61. The summed E-state index contributed by atoms with van der Waals surface area (Å²) in [4.78, 5) is 12.0. The van der Waals surface area contributed by atoms with Gasteiger partial charge in [0.2, 0.25) is 5.91 Å². The maximum absolute atomic E-state index is 12.5. The molecule has 0 aliphatic carbocycles. The minimum absolute atomic E-state index is 0.0724. The van der Waals surface area contributed by atoms with Gasteiger partial charge in [-0.05, 0) is 38.5 Å². The number of benzene rings is 1. The number of nitrogen functional groups attached to an aromatic ring is 1. The van der Waals surface area contributed by atoms with Gasteiger partial charge in [0.1, 0.15) is 5.25 Å². The first-order valence-corrected chi connectivity index (χ1v) is 8.71. The second-order valence-corrected chi connectivity index (χ2v) is 7.74. The quantitative estimate of drug-likeness (QED) is 0.783. The van der Waals surface area contributed by atoms with Gasteiger partial charge in [-0.1, -0.05) is 24.9 Å². The molecule has 1 aromatic carbocycles. The van der Waals surface area contributed by atoms with Crippen LogP contribution in [-0.4, -0.2) is 25.6 Å². The summed E-state index contributed by atoms with van der Waals surface area (Å²) in [5.74, 6) is -0.532. The number of nitrogens with two attached hydrogens (primary N) is 1. The molecular formula is C14H21ClN2O3S. The molecule has 2 unspecified atom stereocenters. The first-order valence-electron chi connectivity index (χ1n) is 6.79. The van der Waals surface area contributed by atoms with E-state index in [2.05, 4.69) is 5.32 Å². The lowest BCUT2D eigenvalue weighted by Gasteiger charge is -2.18. The highest BCUT2D eigenvalue weighted by atomic mass is 35.5. The molecule has 21 heavy (non-hydrogen) atoms. The van der Waals surface area contributed by atoms with Gasteiger partial charge in [0.25, 0.3) is 0 Å². The maximum Gasteiger partial charge on any atom is 0.238 e. The van der Waals surface area contributed by atoms with Gasteiger partial charge in [-0.2, -0.15) is 0 Å². The highest BCUT2D eigenvalue weighted by Gasteiger charge is 2.32. The van der Waals surface area contributed by atoms with E-state index in [1.165, 1.54) is 25.1 Å². The number of halogens is 1. The number of carbonyl (C=O) groups is 1. The summed E-state index contributed by atoms with van der Waals surface area (Å²) in [7, 11) is -3.87. The standard InChI is InChI=1S/C14H21ClN2O3S/c1-4-5-9(2)17-14(18)10(3)21(19,20)13-8-11(15)6-7-12(13)16/h6-10H,4-5,16H2,1-3H3,(H,17,18). The van der Waals surface area contributed by atoms with Crippen LogP contribution < -0.4 is 11.1 Å². The maximum atomic E-state index is 12.5. The number of rotatable bonds is 6. The van der Waals surface area contributed by atoms with Crippen molar-refractivity contribution >= 4 is 33.0 Å². The highest BCUT2D eigenvalue weighted by molar-refractivity contribution is 7.93. The summed E-state index contributed by atoms with van der Waals surface area (Å²) in [6.45, 7) is 5.19. The Labute approximate surface area is 130 Å². The van der Waals surface area contributed by atoms with E-state index in [-0.39, 0.29) is 21.6 Å². The molecular weight excluding hydrogens is 312 g/mol. The van der Waals surface area contributed by atoms with E-state index < -0.39 is 21.0 Å². The molecule has 0 saturated carbocycles. The second kappa shape index (κ2) is 7.13. The summed E-state index contributed by atoms with van der Waals surface area (Å²) >= 11 is 5.81. The van der Waals surface area contributed by atoms with Crippen LogP contribution >= 0.6 is 11.6 Å². The molecule has 118 valence electrons. The number of carbonyl (C=O) groups excluding carboxylic acids is 1. The third kappa shape index (κ3) is 4.35. The van der Waals surface area contributed by atoms with Crippen LogP contribution in [0.3, 0.4) is 0 Å². The van der Waals surface area contributed by atoms with Crippen LogP contribution in [0.4, 0.5) is 5.69 Å². The van der Waals surface area contributed by atoms with Gasteiger partial charge in [-0.3, -0.25) is 4.79 Å². The molecule has 0 bridgehead atoms. The average molecular weight is 333 g/mol. The Bertz CT molecular complexity index is 617. The van der Waals surface area contributed by atoms with Crippen molar-refractivity contribution in [1.29, 1.82) is 0 Å². The number of nitrogens with one attached hydrogen (secondary N) is 1. The van der Waals surface area contributed by atoms with Crippen LogP contribution in [0.2, 0.25) is 5.02 Å². The van der Waals surface area contributed by atoms with Gasteiger partial charge in [-0.25, -0.2) is 8.42 Å². The van der Waals surface area contributed by atoms with Crippen molar-refractivity contribution in [2.75, 3.05) is 5.73 Å². The molecule has 7 heteroatoms. The summed E-state index contributed by atoms with van der Waals surface area (Å²) < 4.78 is 25.0. The van der Waals surface area contributed by atoms with Gasteiger partial charge < -0.3 is 11.1 Å². The average Bonchev–Trinajstić information content (AvgIpc) is 2.40. The Morgan fingerprint density at radius 1 is 1.38 bits per heavy atom. The zero-order valence-electron chi connectivity index (χ0n) is 12.4.